The standard InChI is InChI=1S/C13H19F2NO2/c14-11(15)13(4-1-5-13)12(18)16-6-8-2-3-10(17)9(8)7-16/h8-11,17H,1-7H2/t8-,9+,10-/m0/s1. The molecule has 0 unspecified atom stereocenters. The summed E-state index contributed by atoms with van der Waals surface area (Å²) in [5, 5.41) is 9.80. The fourth-order valence-corrected chi connectivity index (χ4v) is 3.80. The summed E-state index contributed by atoms with van der Waals surface area (Å²) in [5.41, 5.74) is -1.40. The minimum Gasteiger partial charge on any atom is -0.393 e. The van der Waals surface area contributed by atoms with E-state index < -0.39 is 11.8 Å². The summed E-state index contributed by atoms with van der Waals surface area (Å²) in [6.07, 6.45) is 0.157. The first-order valence-electron chi connectivity index (χ1n) is 6.80. The fourth-order valence-electron chi connectivity index (χ4n) is 3.80. The van der Waals surface area contributed by atoms with Crippen LogP contribution in [0.3, 0.4) is 0 Å². The molecule has 0 spiro atoms. The number of carbonyl (C=O) groups excluding carboxylic acids is 1. The zero-order chi connectivity index (χ0) is 12.9. The SMILES string of the molecule is O=C(N1C[C@@H]2CC[C@H](O)[C@@H]2C1)C1(C(F)F)CCC1. The topological polar surface area (TPSA) is 40.5 Å². The van der Waals surface area contributed by atoms with E-state index in [9.17, 15) is 18.7 Å². The fraction of sp³-hybridized carbons (Fsp3) is 0.923. The Morgan fingerprint density at radius 1 is 1.28 bits per heavy atom. The van der Waals surface area contributed by atoms with Gasteiger partial charge in [0, 0.05) is 19.0 Å². The van der Waals surface area contributed by atoms with E-state index in [1.54, 1.807) is 4.90 Å². The third-order valence-corrected chi connectivity index (χ3v) is 5.20. The Hall–Kier alpha value is -0.710. The van der Waals surface area contributed by atoms with Crippen molar-refractivity contribution in [2.24, 2.45) is 17.3 Å². The van der Waals surface area contributed by atoms with E-state index in [-0.39, 0.29) is 17.9 Å². The van der Waals surface area contributed by atoms with Gasteiger partial charge in [0.2, 0.25) is 5.91 Å². The van der Waals surface area contributed by atoms with Crippen molar-refractivity contribution in [3.8, 4) is 0 Å². The summed E-state index contributed by atoms with van der Waals surface area (Å²) in [5.74, 6) is 0.0628. The largest absolute Gasteiger partial charge is 0.393 e. The van der Waals surface area contributed by atoms with Crippen molar-refractivity contribution in [1.82, 2.24) is 4.90 Å². The number of amides is 1. The molecule has 1 amide bonds. The molecule has 3 rings (SSSR count). The Morgan fingerprint density at radius 2 is 2.00 bits per heavy atom. The Labute approximate surface area is 105 Å². The number of halogens is 2. The van der Waals surface area contributed by atoms with Gasteiger partial charge in [-0.3, -0.25) is 4.79 Å². The maximum atomic E-state index is 13.1. The first kappa shape index (κ1) is 12.3. The first-order chi connectivity index (χ1) is 8.54. The minimum atomic E-state index is -2.55. The second kappa shape index (κ2) is 4.15. The highest BCUT2D eigenvalue weighted by molar-refractivity contribution is 5.84. The lowest BCUT2D eigenvalue weighted by Gasteiger charge is -2.42. The van der Waals surface area contributed by atoms with Gasteiger partial charge < -0.3 is 10.0 Å². The smallest absolute Gasteiger partial charge is 0.252 e. The maximum absolute atomic E-state index is 13.1. The zero-order valence-corrected chi connectivity index (χ0v) is 10.3. The van der Waals surface area contributed by atoms with Gasteiger partial charge in [-0.1, -0.05) is 6.42 Å². The molecular formula is C13H19F2NO2. The lowest BCUT2D eigenvalue weighted by atomic mass is 9.68. The van der Waals surface area contributed by atoms with Gasteiger partial charge >= 0.3 is 0 Å². The number of alkyl halides is 2. The average Bonchev–Trinajstić information content (AvgIpc) is 2.79. The van der Waals surface area contributed by atoms with Crippen LogP contribution in [0.25, 0.3) is 0 Å². The second-order valence-electron chi connectivity index (χ2n) is 6.09. The summed E-state index contributed by atoms with van der Waals surface area (Å²) in [7, 11) is 0. The van der Waals surface area contributed by atoms with Crippen molar-refractivity contribution in [3.63, 3.8) is 0 Å². The van der Waals surface area contributed by atoms with Crippen LogP contribution in [0, 0.1) is 17.3 Å². The predicted molar refractivity (Wildman–Crippen MR) is 61.1 cm³/mol. The van der Waals surface area contributed by atoms with Gasteiger partial charge in [-0.25, -0.2) is 8.78 Å². The highest BCUT2D eigenvalue weighted by atomic mass is 19.3. The van der Waals surface area contributed by atoms with Gasteiger partial charge in [-0.2, -0.15) is 0 Å². The highest BCUT2D eigenvalue weighted by Crippen LogP contribution is 2.49. The van der Waals surface area contributed by atoms with E-state index >= 15 is 0 Å². The number of hydrogen-bond donors (Lipinski definition) is 1. The number of rotatable bonds is 2. The second-order valence-corrected chi connectivity index (χ2v) is 6.09. The van der Waals surface area contributed by atoms with Crippen molar-refractivity contribution in [2.45, 2.75) is 44.6 Å². The maximum Gasteiger partial charge on any atom is 0.252 e. The third kappa shape index (κ3) is 1.59. The number of fused-ring (bicyclic) bond motifs is 1. The lowest BCUT2D eigenvalue weighted by molar-refractivity contribution is -0.161. The molecule has 18 heavy (non-hydrogen) atoms. The van der Waals surface area contributed by atoms with Crippen molar-refractivity contribution in [2.75, 3.05) is 13.1 Å². The molecule has 3 fully saturated rings. The van der Waals surface area contributed by atoms with Crippen molar-refractivity contribution in [3.05, 3.63) is 0 Å². The van der Waals surface area contributed by atoms with Gasteiger partial charge in [0.1, 0.15) is 5.41 Å². The van der Waals surface area contributed by atoms with E-state index in [4.69, 9.17) is 0 Å². The van der Waals surface area contributed by atoms with E-state index in [0.29, 0.717) is 31.8 Å². The average molecular weight is 259 g/mol. The Morgan fingerprint density at radius 3 is 2.50 bits per heavy atom. The number of nitrogens with zero attached hydrogens (tertiary/aromatic N) is 1. The molecule has 0 aromatic rings. The molecule has 3 aliphatic rings. The molecule has 2 aliphatic carbocycles. The summed E-state index contributed by atoms with van der Waals surface area (Å²) in [6.45, 7) is 1.04. The number of carbonyl (C=O) groups is 1. The molecular weight excluding hydrogens is 240 g/mol. The normalized spacial score (nSPS) is 37.8. The third-order valence-electron chi connectivity index (χ3n) is 5.20. The molecule has 1 saturated heterocycles. The van der Waals surface area contributed by atoms with Crippen LogP contribution in [0.4, 0.5) is 8.78 Å². The molecule has 0 aromatic heterocycles. The van der Waals surface area contributed by atoms with Gasteiger partial charge in [0.05, 0.1) is 6.10 Å². The van der Waals surface area contributed by atoms with Crippen LogP contribution in [0.2, 0.25) is 0 Å². The van der Waals surface area contributed by atoms with Crippen molar-refractivity contribution in [1.29, 1.82) is 0 Å². The van der Waals surface area contributed by atoms with Gasteiger partial charge in [-0.05, 0) is 31.6 Å². The van der Waals surface area contributed by atoms with E-state index in [1.165, 1.54) is 0 Å². The molecule has 0 aromatic carbocycles. The Bertz CT molecular complexity index is 357. The van der Waals surface area contributed by atoms with Crippen LogP contribution in [0.1, 0.15) is 32.1 Å². The van der Waals surface area contributed by atoms with Crippen molar-refractivity contribution < 1.29 is 18.7 Å². The van der Waals surface area contributed by atoms with Crippen LogP contribution in [-0.2, 0) is 4.79 Å². The molecule has 1 heterocycles. The lowest BCUT2D eigenvalue weighted by Crippen LogP contribution is -2.51. The van der Waals surface area contributed by atoms with Gasteiger partial charge in [0.15, 0.2) is 0 Å². The summed E-state index contributed by atoms with van der Waals surface area (Å²) < 4.78 is 26.2. The molecule has 2 saturated carbocycles. The highest BCUT2D eigenvalue weighted by Gasteiger charge is 2.55. The van der Waals surface area contributed by atoms with Crippen molar-refractivity contribution >= 4 is 5.91 Å². The van der Waals surface area contributed by atoms with Crippen LogP contribution >= 0.6 is 0 Å². The predicted octanol–water partition coefficient (Wildman–Crippen LogP) is 1.65. The molecule has 0 radical (unpaired) electrons. The van der Waals surface area contributed by atoms with Crippen LogP contribution in [0.15, 0.2) is 0 Å². The van der Waals surface area contributed by atoms with Gasteiger partial charge in [-0.15, -0.1) is 0 Å². The van der Waals surface area contributed by atoms with Crippen LogP contribution < -0.4 is 0 Å². The number of aliphatic hydroxyl groups excluding tert-OH is 1. The monoisotopic (exact) mass is 259 g/mol. The summed E-state index contributed by atoms with van der Waals surface area (Å²) >= 11 is 0. The molecule has 5 heteroatoms. The van der Waals surface area contributed by atoms with Crippen LogP contribution in [-0.4, -0.2) is 41.5 Å². The zero-order valence-electron chi connectivity index (χ0n) is 10.3. The molecule has 1 aliphatic heterocycles. The minimum absolute atomic E-state index is 0.115. The number of hydrogen-bond acceptors (Lipinski definition) is 2. The molecule has 102 valence electrons. The molecule has 0 bridgehead atoms. The molecule has 3 nitrogen and oxygen atoms in total. The van der Waals surface area contributed by atoms with E-state index in [1.807, 2.05) is 0 Å². The Kier molecular flexibility index (Phi) is 2.84. The quantitative estimate of drug-likeness (QED) is 0.819. The van der Waals surface area contributed by atoms with Gasteiger partial charge in [0.25, 0.3) is 6.43 Å². The first-order valence-corrected chi connectivity index (χ1v) is 6.80. The van der Waals surface area contributed by atoms with Crippen LogP contribution in [0.5, 0.6) is 0 Å². The van der Waals surface area contributed by atoms with E-state index in [0.717, 1.165) is 19.3 Å². The summed E-state index contributed by atoms with van der Waals surface area (Å²) in [4.78, 5) is 13.9. The number of likely N-dealkylation sites (tertiary alicyclic amines) is 1. The Balaban J connectivity index is 1.71. The summed E-state index contributed by atoms with van der Waals surface area (Å²) in [6, 6.07) is 0. The molecule has 1 N–H and O–H groups in total. The molecule has 3 atom stereocenters. The van der Waals surface area contributed by atoms with E-state index in [2.05, 4.69) is 0 Å². The number of aliphatic hydroxyl groups is 1.